The van der Waals surface area contributed by atoms with Gasteiger partial charge in [0.05, 0.1) is 5.92 Å². The summed E-state index contributed by atoms with van der Waals surface area (Å²) in [5, 5.41) is 6.16. The molecule has 2 aliphatic rings. The maximum absolute atomic E-state index is 12.3. The predicted octanol–water partition coefficient (Wildman–Crippen LogP) is 1.71. The van der Waals surface area contributed by atoms with Gasteiger partial charge in [0.25, 0.3) is 0 Å². The Morgan fingerprint density at radius 3 is 2.88 bits per heavy atom. The van der Waals surface area contributed by atoms with E-state index in [1.165, 1.54) is 12.8 Å². The maximum atomic E-state index is 12.3. The Bertz CT molecular complexity index is 598. The van der Waals surface area contributed by atoms with Gasteiger partial charge < -0.3 is 15.5 Å². The highest BCUT2D eigenvalue weighted by Gasteiger charge is 2.38. The van der Waals surface area contributed by atoms with E-state index in [0.717, 1.165) is 24.2 Å². The van der Waals surface area contributed by atoms with Crippen molar-refractivity contribution in [3.05, 3.63) is 23.9 Å². The average molecular weight is 330 g/mol. The van der Waals surface area contributed by atoms with E-state index in [0.29, 0.717) is 32.1 Å². The molecule has 24 heavy (non-hydrogen) atoms. The standard InChI is InChI=1S/C18H26N4O2/c1-13-5-4-8-19-17(13)20-9-10-21-18(24)14-11-16(23)22(12-14)15-6-2-3-7-15/h4-5,8,14-15H,2-3,6-7,9-12H2,1H3,(H,19,20)(H,21,24)/t14-/m1/s1. The molecule has 1 atom stereocenters. The van der Waals surface area contributed by atoms with Crippen LogP contribution in [-0.4, -0.2) is 47.4 Å². The van der Waals surface area contributed by atoms with Gasteiger partial charge >= 0.3 is 0 Å². The van der Waals surface area contributed by atoms with Crippen LogP contribution in [0.3, 0.4) is 0 Å². The van der Waals surface area contributed by atoms with Crippen molar-refractivity contribution in [1.29, 1.82) is 0 Å². The van der Waals surface area contributed by atoms with Gasteiger partial charge in [0.15, 0.2) is 0 Å². The van der Waals surface area contributed by atoms with Crippen molar-refractivity contribution in [3.8, 4) is 0 Å². The van der Waals surface area contributed by atoms with E-state index in [9.17, 15) is 9.59 Å². The molecule has 1 aliphatic carbocycles. The molecule has 0 aromatic carbocycles. The third kappa shape index (κ3) is 3.86. The van der Waals surface area contributed by atoms with E-state index >= 15 is 0 Å². The first-order valence-electron chi connectivity index (χ1n) is 8.88. The molecule has 2 heterocycles. The number of hydrogen-bond donors (Lipinski definition) is 2. The third-order valence-electron chi connectivity index (χ3n) is 5.02. The molecule has 1 aliphatic heterocycles. The van der Waals surface area contributed by atoms with Gasteiger partial charge in [-0.1, -0.05) is 18.9 Å². The van der Waals surface area contributed by atoms with Gasteiger partial charge in [0, 0.05) is 38.3 Å². The number of likely N-dealkylation sites (tertiary alicyclic amines) is 1. The number of carbonyl (C=O) groups is 2. The minimum Gasteiger partial charge on any atom is -0.368 e. The van der Waals surface area contributed by atoms with Gasteiger partial charge in [-0.3, -0.25) is 9.59 Å². The molecule has 1 aromatic rings. The molecule has 2 N–H and O–H groups in total. The van der Waals surface area contributed by atoms with Gasteiger partial charge in [-0.05, 0) is 31.4 Å². The topological polar surface area (TPSA) is 74.3 Å². The third-order valence-corrected chi connectivity index (χ3v) is 5.02. The van der Waals surface area contributed by atoms with Crippen molar-refractivity contribution in [2.75, 3.05) is 25.0 Å². The summed E-state index contributed by atoms with van der Waals surface area (Å²) in [5.74, 6) is 0.776. The molecule has 0 spiro atoms. The Balaban J connectivity index is 1.41. The van der Waals surface area contributed by atoms with E-state index in [1.807, 2.05) is 24.0 Å². The SMILES string of the molecule is Cc1cccnc1NCCNC(=O)[C@@H]1CC(=O)N(C2CCCC2)C1. The van der Waals surface area contributed by atoms with Crippen LogP contribution in [0.5, 0.6) is 0 Å². The Kier molecular flexibility index (Phi) is 5.33. The molecule has 2 fully saturated rings. The molecule has 130 valence electrons. The Hall–Kier alpha value is -2.11. The highest BCUT2D eigenvalue weighted by Crippen LogP contribution is 2.29. The molecule has 6 heteroatoms. The minimum absolute atomic E-state index is 0.0108. The highest BCUT2D eigenvalue weighted by atomic mass is 16.2. The lowest BCUT2D eigenvalue weighted by molar-refractivity contribution is -0.130. The van der Waals surface area contributed by atoms with Crippen molar-refractivity contribution < 1.29 is 9.59 Å². The number of pyridine rings is 1. The second-order valence-corrected chi connectivity index (χ2v) is 6.77. The number of nitrogens with zero attached hydrogens (tertiary/aromatic N) is 2. The van der Waals surface area contributed by atoms with Crippen molar-refractivity contribution in [1.82, 2.24) is 15.2 Å². The van der Waals surface area contributed by atoms with E-state index in [1.54, 1.807) is 6.20 Å². The van der Waals surface area contributed by atoms with Crippen molar-refractivity contribution >= 4 is 17.6 Å². The zero-order chi connectivity index (χ0) is 16.9. The summed E-state index contributed by atoms with van der Waals surface area (Å²) >= 11 is 0. The number of aryl methyl sites for hydroxylation is 1. The second kappa shape index (κ2) is 7.64. The van der Waals surface area contributed by atoms with Crippen LogP contribution in [0.25, 0.3) is 0 Å². The minimum atomic E-state index is -0.199. The first-order valence-corrected chi connectivity index (χ1v) is 8.88. The number of anilines is 1. The van der Waals surface area contributed by atoms with Crippen LogP contribution in [0, 0.1) is 12.8 Å². The molecule has 0 radical (unpaired) electrons. The largest absolute Gasteiger partial charge is 0.368 e. The fourth-order valence-corrected chi connectivity index (χ4v) is 3.66. The highest BCUT2D eigenvalue weighted by molar-refractivity contribution is 5.89. The summed E-state index contributed by atoms with van der Waals surface area (Å²) in [6.45, 7) is 3.73. The van der Waals surface area contributed by atoms with E-state index in [2.05, 4.69) is 15.6 Å². The average Bonchev–Trinajstić information content (AvgIpc) is 3.22. The number of nitrogens with one attached hydrogen (secondary N) is 2. The van der Waals surface area contributed by atoms with Crippen LogP contribution in [0.4, 0.5) is 5.82 Å². The van der Waals surface area contributed by atoms with Gasteiger partial charge in [-0.2, -0.15) is 0 Å². The van der Waals surface area contributed by atoms with Gasteiger partial charge in [0.2, 0.25) is 11.8 Å². The van der Waals surface area contributed by atoms with E-state index < -0.39 is 0 Å². The number of aromatic nitrogens is 1. The summed E-state index contributed by atoms with van der Waals surface area (Å²) in [6.07, 6.45) is 6.68. The predicted molar refractivity (Wildman–Crippen MR) is 92.5 cm³/mol. The summed E-state index contributed by atoms with van der Waals surface area (Å²) in [5.41, 5.74) is 1.08. The molecule has 1 saturated heterocycles. The van der Waals surface area contributed by atoms with Crippen LogP contribution in [0.2, 0.25) is 0 Å². The zero-order valence-corrected chi connectivity index (χ0v) is 14.3. The van der Waals surface area contributed by atoms with Crippen molar-refractivity contribution in [2.45, 2.75) is 45.1 Å². The Morgan fingerprint density at radius 2 is 2.12 bits per heavy atom. The summed E-state index contributed by atoms with van der Waals surface area (Å²) in [7, 11) is 0. The lowest BCUT2D eigenvalue weighted by Crippen LogP contribution is -2.38. The Labute approximate surface area is 143 Å². The molecule has 0 unspecified atom stereocenters. The maximum Gasteiger partial charge on any atom is 0.225 e. The molecule has 1 saturated carbocycles. The number of rotatable bonds is 6. The first kappa shape index (κ1) is 16.7. The summed E-state index contributed by atoms with van der Waals surface area (Å²) in [6, 6.07) is 4.26. The lowest BCUT2D eigenvalue weighted by atomic mass is 10.1. The molecular formula is C18H26N4O2. The van der Waals surface area contributed by atoms with Crippen LogP contribution >= 0.6 is 0 Å². The normalized spacial score (nSPS) is 21.3. The fraction of sp³-hybridized carbons (Fsp3) is 0.611. The van der Waals surface area contributed by atoms with E-state index in [4.69, 9.17) is 0 Å². The van der Waals surface area contributed by atoms with Crippen molar-refractivity contribution in [2.24, 2.45) is 5.92 Å². The van der Waals surface area contributed by atoms with Gasteiger partial charge in [-0.15, -0.1) is 0 Å². The smallest absolute Gasteiger partial charge is 0.225 e. The van der Waals surface area contributed by atoms with Gasteiger partial charge in [-0.25, -0.2) is 4.98 Å². The fourth-order valence-electron chi connectivity index (χ4n) is 3.66. The van der Waals surface area contributed by atoms with Crippen LogP contribution in [0.15, 0.2) is 18.3 Å². The lowest BCUT2D eigenvalue weighted by Gasteiger charge is -2.23. The molecule has 1 aromatic heterocycles. The first-order chi connectivity index (χ1) is 11.6. The molecular weight excluding hydrogens is 304 g/mol. The quantitative estimate of drug-likeness (QED) is 0.779. The monoisotopic (exact) mass is 330 g/mol. The summed E-state index contributed by atoms with van der Waals surface area (Å²) in [4.78, 5) is 30.6. The Morgan fingerprint density at radius 1 is 1.33 bits per heavy atom. The number of amides is 2. The van der Waals surface area contributed by atoms with Gasteiger partial charge in [0.1, 0.15) is 5.82 Å². The van der Waals surface area contributed by atoms with Crippen molar-refractivity contribution in [3.63, 3.8) is 0 Å². The molecule has 2 amide bonds. The number of hydrogen-bond acceptors (Lipinski definition) is 4. The molecule has 0 bridgehead atoms. The van der Waals surface area contributed by atoms with Crippen LogP contribution in [0.1, 0.15) is 37.7 Å². The molecule has 3 rings (SSSR count). The molecule has 6 nitrogen and oxygen atoms in total. The van der Waals surface area contributed by atoms with E-state index in [-0.39, 0.29) is 17.7 Å². The number of carbonyl (C=O) groups excluding carboxylic acids is 2. The summed E-state index contributed by atoms with van der Waals surface area (Å²) < 4.78 is 0. The van der Waals surface area contributed by atoms with Crippen LogP contribution < -0.4 is 10.6 Å². The second-order valence-electron chi connectivity index (χ2n) is 6.77. The van der Waals surface area contributed by atoms with Crippen LogP contribution in [-0.2, 0) is 9.59 Å². The zero-order valence-electron chi connectivity index (χ0n) is 14.3.